The Balaban J connectivity index is 1.16. The van der Waals surface area contributed by atoms with Crippen LogP contribution in [0.25, 0.3) is 22.6 Å². The minimum Gasteiger partial charge on any atom is -0.475 e. The van der Waals surface area contributed by atoms with Gasteiger partial charge in [-0.1, -0.05) is 24.3 Å². The molecule has 4 fully saturated rings. The molecule has 3 aromatic heterocycles. The summed E-state index contributed by atoms with van der Waals surface area (Å²) >= 11 is 0. The Labute approximate surface area is 290 Å². The number of carbonyl (C=O) groups excluding carboxylic acids is 1. The molecule has 2 aromatic carbocycles. The fraction of sp³-hybridized carbons (Fsp3) is 0.405. The summed E-state index contributed by atoms with van der Waals surface area (Å²) in [6.45, 7) is 4.30. The highest BCUT2D eigenvalue weighted by Gasteiger charge is 2.57. The highest BCUT2D eigenvalue weighted by molar-refractivity contribution is 7.92. The van der Waals surface area contributed by atoms with Gasteiger partial charge >= 0.3 is 0 Å². The summed E-state index contributed by atoms with van der Waals surface area (Å²) in [5.41, 5.74) is 5.71. The monoisotopic (exact) mass is 690 g/mol. The van der Waals surface area contributed by atoms with Gasteiger partial charge < -0.3 is 14.2 Å². The highest BCUT2D eigenvalue weighted by atomic mass is 32.2. The minimum atomic E-state index is -4.17. The van der Waals surface area contributed by atoms with Crippen LogP contribution in [0.15, 0.2) is 59.6 Å². The number of nitrogens with zero attached hydrogens (tertiary/aromatic N) is 7. The van der Waals surface area contributed by atoms with Gasteiger partial charge in [-0.2, -0.15) is 4.98 Å². The number of ether oxygens (including phenoxy) is 1. The lowest BCUT2D eigenvalue weighted by atomic mass is 9.43. The summed E-state index contributed by atoms with van der Waals surface area (Å²) in [6, 6.07) is 13.5. The van der Waals surface area contributed by atoms with Gasteiger partial charge in [-0.15, -0.1) is 0 Å². The van der Waals surface area contributed by atoms with Crippen molar-refractivity contribution in [3.8, 4) is 17.1 Å². The fourth-order valence-corrected chi connectivity index (χ4v) is 9.20. The molecule has 256 valence electrons. The van der Waals surface area contributed by atoms with Crippen molar-refractivity contribution in [2.45, 2.75) is 75.8 Å². The summed E-state index contributed by atoms with van der Waals surface area (Å²) < 4.78 is 38.6. The third-order valence-corrected chi connectivity index (χ3v) is 12.3. The average Bonchev–Trinajstić information content (AvgIpc) is 3.84. The van der Waals surface area contributed by atoms with Crippen LogP contribution in [-0.4, -0.2) is 61.4 Å². The number of carbonyl (C=O) groups is 1. The van der Waals surface area contributed by atoms with Crippen LogP contribution in [0.3, 0.4) is 0 Å². The van der Waals surface area contributed by atoms with Gasteiger partial charge in [-0.3, -0.25) is 4.79 Å². The molecule has 13 heteroatoms. The van der Waals surface area contributed by atoms with Crippen molar-refractivity contribution < 1.29 is 17.9 Å². The molecular formula is C37H38N8O4S. The van der Waals surface area contributed by atoms with Crippen LogP contribution in [0.4, 0.5) is 5.95 Å². The van der Waals surface area contributed by atoms with Gasteiger partial charge in [0.2, 0.25) is 11.8 Å². The zero-order valence-electron chi connectivity index (χ0n) is 28.3. The van der Waals surface area contributed by atoms with Crippen molar-refractivity contribution >= 4 is 33.2 Å². The molecule has 0 radical (unpaired) electrons. The summed E-state index contributed by atoms with van der Waals surface area (Å²) in [5, 5.41) is 0. The number of imidazole rings is 1. The van der Waals surface area contributed by atoms with E-state index in [-0.39, 0.29) is 52.8 Å². The lowest BCUT2D eigenvalue weighted by molar-refractivity contribution is -0.126. The molecule has 1 N–H and O–H groups in total. The number of anilines is 1. The second kappa shape index (κ2) is 11.3. The second-order valence-corrected chi connectivity index (χ2v) is 16.4. The SMILES string of the molecule is Cc1cccc(C)c1-c1cc2nc(n1)NS(=O)(=O)c1cccc(c1)C(=O)N(Cc1cnc3nc(C4CC4)n(C)c3n1)[C@H](CC13CC(C1)C3)CO2. The third-order valence-electron chi connectivity index (χ3n) is 11.0. The van der Waals surface area contributed by atoms with Gasteiger partial charge in [-0.25, -0.2) is 33.1 Å². The Morgan fingerprint density at radius 2 is 1.74 bits per heavy atom. The van der Waals surface area contributed by atoms with E-state index in [0.29, 0.717) is 28.6 Å². The predicted octanol–water partition coefficient (Wildman–Crippen LogP) is 5.71. The topological polar surface area (TPSA) is 145 Å². The molecule has 10 rings (SSSR count). The number of nitrogens with one attached hydrogen (secondary N) is 1. The maximum Gasteiger partial charge on any atom is 0.264 e. The molecular weight excluding hydrogens is 653 g/mol. The summed E-state index contributed by atoms with van der Waals surface area (Å²) in [7, 11) is -2.20. The molecule has 6 bridgehead atoms. The van der Waals surface area contributed by atoms with E-state index in [1.165, 1.54) is 12.1 Å². The van der Waals surface area contributed by atoms with E-state index >= 15 is 0 Å². The summed E-state index contributed by atoms with van der Waals surface area (Å²) in [5.74, 6) is 1.99. The quantitative estimate of drug-likeness (QED) is 0.237. The molecule has 1 atom stereocenters. The maximum atomic E-state index is 14.6. The van der Waals surface area contributed by atoms with Crippen molar-refractivity contribution in [3.63, 3.8) is 0 Å². The summed E-state index contributed by atoms with van der Waals surface area (Å²) in [4.78, 5) is 39.9. The van der Waals surface area contributed by atoms with Crippen LogP contribution in [0, 0.1) is 25.2 Å². The minimum absolute atomic E-state index is 0.0641. The molecule has 0 spiro atoms. The molecule has 4 saturated carbocycles. The molecule has 5 aliphatic rings. The van der Waals surface area contributed by atoms with E-state index in [1.54, 1.807) is 29.3 Å². The Hall–Kier alpha value is -4.91. The molecule has 0 unspecified atom stereocenters. The number of hydrogen-bond acceptors (Lipinski definition) is 9. The first-order valence-electron chi connectivity index (χ1n) is 17.2. The standard InChI is InChI=1S/C37H38N8O4S/c1-21-6-4-7-22(2)31(21)29-13-30-41-36(40-29)43-50(47,48)28-9-5-8-25(12-28)35(46)45(27(20-49-30)17-37-14-23(15-37)16-37)19-26-18-38-32-34(39-26)44(3)33(42-32)24-10-11-24/h4-9,12-13,18,23-24,27H,10-11,14-17,19-20H2,1-3H3,(H,40,41,43)/t23?,27-,37?/m1/s1. The first kappa shape index (κ1) is 31.1. The van der Waals surface area contributed by atoms with E-state index in [9.17, 15) is 13.2 Å². The van der Waals surface area contributed by atoms with Gasteiger partial charge in [0.15, 0.2) is 11.3 Å². The molecule has 1 aliphatic heterocycles. The third kappa shape index (κ3) is 5.38. The number of benzene rings is 2. The average molecular weight is 691 g/mol. The number of rotatable bonds is 6. The van der Waals surface area contributed by atoms with E-state index in [2.05, 4.69) is 19.7 Å². The van der Waals surface area contributed by atoms with E-state index in [0.717, 1.165) is 67.0 Å². The van der Waals surface area contributed by atoms with Crippen LogP contribution in [0.1, 0.15) is 77.4 Å². The predicted molar refractivity (Wildman–Crippen MR) is 186 cm³/mol. The van der Waals surface area contributed by atoms with Crippen LogP contribution >= 0.6 is 0 Å². The first-order chi connectivity index (χ1) is 24.0. The number of aryl methyl sites for hydroxylation is 3. The molecule has 0 saturated heterocycles. The van der Waals surface area contributed by atoms with E-state index < -0.39 is 10.0 Å². The fourth-order valence-electron chi connectivity index (χ4n) is 8.21. The van der Waals surface area contributed by atoms with E-state index in [4.69, 9.17) is 14.7 Å². The maximum absolute atomic E-state index is 14.6. The lowest BCUT2D eigenvalue weighted by Gasteiger charge is -2.63. The molecule has 12 nitrogen and oxygen atoms in total. The number of amides is 1. The van der Waals surface area contributed by atoms with Crippen LogP contribution in [0.5, 0.6) is 5.88 Å². The van der Waals surface area contributed by atoms with Gasteiger partial charge in [0.05, 0.1) is 35.1 Å². The zero-order valence-corrected chi connectivity index (χ0v) is 29.1. The first-order valence-corrected chi connectivity index (χ1v) is 18.7. The molecule has 4 aliphatic carbocycles. The normalized spacial score (nSPS) is 23.8. The Bertz CT molecular complexity index is 2280. The van der Waals surface area contributed by atoms with Crippen molar-refractivity contribution in [2.24, 2.45) is 18.4 Å². The Kier molecular flexibility index (Phi) is 7.03. The van der Waals surface area contributed by atoms with Crippen molar-refractivity contribution in [3.05, 3.63) is 82.9 Å². The van der Waals surface area contributed by atoms with Crippen LogP contribution in [-0.2, 0) is 23.6 Å². The van der Waals surface area contributed by atoms with E-state index in [1.807, 2.05) is 43.7 Å². The van der Waals surface area contributed by atoms with Crippen LogP contribution in [0.2, 0.25) is 0 Å². The number of fused-ring (bicyclic) bond motifs is 5. The van der Waals surface area contributed by atoms with Crippen molar-refractivity contribution in [1.82, 2.24) is 34.4 Å². The second-order valence-electron chi connectivity index (χ2n) is 14.7. The summed E-state index contributed by atoms with van der Waals surface area (Å²) in [6.07, 6.45) is 8.09. The lowest BCUT2D eigenvalue weighted by Crippen LogP contribution is -2.56. The van der Waals surface area contributed by atoms with Crippen molar-refractivity contribution in [1.29, 1.82) is 0 Å². The Morgan fingerprint density at radius 1 is 0.980 bits per heavy atom. The largest absolute Gasteiger partial charge is 0.475 e. The highest BCUT2D eigenvalue weighted by Crippen LogP contribution is 2.66. The molecule has 5 aromatic rings. The molecule has 1 amide bonds. The molecule has 4 heterocycles. The smallest absolute Gasteiger partial charge is 0.264 e. The zero-order chi connectivity index (χ0) is 34.4. The van der Waals surface area contributed by atoms with Gasteiger partial charge in [0, 0.05) is 30.2 Å². The van der Waals surface area contributed by atoms with Gasteiger partial charge in [0.1, 0.15) is 12.4 Å². The van der Waals surface area contributed by atoms with Gasteiger partial charge in [-0.05, 0) is 93.0 Å². The Morgan fingerprint density at radius 3 is 2.46 bits per heavy atom. The van der Waals surface area contributed by atoms with Crippen LogP contribution < -0.4 is 9.46 Å². The molecule has 50 heavy (non-hydrogen) atoms. The number of hydrogen-bond donors (Lipinski definition) is 1. The van der Waals surface area contributed by atoms with Crippen molar-refractivity contribution in [2.75, 3.05) is 11.3 Å². The number of sulfonamides is 1. The number of aromatic nitrogens is 6. The van der Waals surface area contributed by atoms with Gasteiger partial charge in [0.25, 0.3) is 15.9 Å².